The summed E-state index contributed by atoms with van der Waals surface area (Å²) in [7, 11) is 1.53. The molecule has 7 N–H and O–H groups in total. The van der Waals surface area contributed by atoms with E-state index in [4.69, 9.17) is 27.8 Å². The molecule has 38 heavy (non-hydrogen) atoms. The molecule has 4 aromatic rings. The maximum atomic E-state index is 12.8. The molecule has 0 aliphatic heterocycles. The normalized spacial score (nSPS) is 11.7. The van der Waals surface area contributed by atoms with E-state index in [2.05, 4.69) is 20.6 Å². The number of carbonyl (C=O) groups excluding carboxylic acids is 1. The summed E-state index contributed by atoms with van der Waals surface area (Å²) in [6, 6.07) is 16.9. The van der Waals surface area contributed by atoms with Crippen molar-refractivity contribution in [3.8, 4) is 5.75 Å². The van der Waals surface area contributed by atoms with Crippen molar-refractivity contribution < 1.29 is 18.3 Å². The summed E-state index contributed by atoms with van der Waals surface area (Å²) >= 11 is 3.82. The minimum absolute atomic E-state index is 0.0446. The number of rotatable bonds is 10. The van der Waals surface area contributed by atoms with Gasteiger partial charge < -0.3 is 26.8 Å². The Morgan fingerprint density at radius 1 is 1.08 bits per heavy atom. The summed E-state index contributed by atoms with van der Waals surface area (Å²) < 4.78 is 29.6. The summed E-state index contributed by atoms with van der Waals surface area (Å²) in [6.07, 6.45) is 0.107. The first kappa shape index (κ1) is 27.2. The molecule has 1 amide bonds. The Kier molecular flexibility index (Phi) is 8.71. The van der Waals surface area contributed by atoms with Crippen LogP contribution in [-0.4, -0.2) is 38.3 Å². The van der Waals surface area contributed by atoms with Crippen molar-refractivity contribution in [1.29, 1.82) is 0 Å². The van der Waals surface area contributed by atoms with Crippen LogP contribution in [0.25, 0.3) is 11.0 Å². The van der Waals surface area contributed by atoms with Crippen molar-refractivity contribution >= 4 is 68.5 Å². The number of para-hydroxylation sites is 2. The second-order valence-corrected chi connectivity index (χ2v) is 9.25. The zero-order chi connectivity index (χ0) is 27.2. The van der Waals surface area contributed by atoms with Gasteiger partial charge in [-0.15, -0.1) is 0 Å². The van der Waals surface area contributed by atoms with Crippen LogP contribution in [-0.2, 0) is 22.6 Å². The number of ether oxygens (including phenoxy) is 1. The number of hydrogen-bond acceptors (Lipinski definition) is 8. The van der Waals surface area contributed by atoms with Crippen LogP contribution in [0.1, 0.15) is 12.0 Å². The molecule has 0 radical (unpaired) electrons. The Labute approximate surface area is 226 Å². The molecule has 0 saturated heterocycles. The number of aromatic nitrogens is 2. The SMILES string of the molecule is COc1ccc(Cl)c(Nc2nc3ccccc3nc2N(c2ccc(CN)c(NC(=O)CCN)c2)S(=O)O)c1. The van der Waals surface area contributed by atoms with E-state index in [0.29, 0.717) is 38.7 Å². The Balaban J connectivity index is 1.87. The topological polar surface area (TPSA) is 169 Å². The van der Waals surface area contributed by atoms with E-state index in [-0.39, 0.29) is 42.7 Å². The number of benzene rings is 3. The van der Waals surface area contributed by atoms with Gasteiger partial charge in [0.2, 0.25) is 5.91 Å². The molecule has 0 fully saturated rings. The average Bonchev–Trinajstić information content (AvgIpc) is 2.90. The van der Waals surface area contributed by atoms with Gasteiger partial charge in [-0.2, -0.15) is 0 Å². The summed E-state index contributed by atoms with van der Waals surface area (Å²) in [5.41, 5.74) is 14.1. The minimum atomic E-state index is -2.59. The number of nitrogens with two attached hydrogens (primary N) is 2. The standard InChI is InChI=1S/C25H26ClN7O4S/c1-37-17-8-9-18(26)22(13-17)31-24-25(32-20-5-3-2-4-19(20)30-24)33(38(35)36)16-7-6-15(14-28)21(12-16)29-23(34)10-11-27/h2-9,12-13H,10-11,14,27-28H2,1H3,(H,29,34)(H,30,31)(H,35,36). The fourth-order valence-corrected chi connectivity index (χ4v) is 4.42. The highest BCUT2D eigenvalue weighted by Gasteiger charge is 2.24. The van der Waals surface area contributed by atoms with Crippen molar-refractivity contribution in [2.45, 2.75) is 13.0 Å². The van der Waals surface area contributed by atoms with Crippen LogP contribution in [0.15, 0.2) is 60.7 Å². The highest BCUT2D eigenvalue weighted by molar-refractivity contribution is 7.81. The number of hydrogen-bond donors (Lipinski definition) is 5. The molecule has 0 aliphatic carbocycles. The van der Waals surface area contributed by atoms with Gasteiger partial charge in [0, 0.05) is 31.3 Å². The second-order valence-electron chi connectivity index (χ2n) is 8.01. The molecule has 4 rings (SSSR count). The lowest BCUT2D eigenvalue weighted by Gasteiger charge is -2.23. The monoisotopic (exact) mass is 555 g/mol. The predicted octanol–water partition coefficient (Wildman–Crippen LogP) is 4.06. The minimum Gasteiger partial charge on any atom is -0.497 e. The molecule has 1 atom stereocenters. The van der Waals surface area contributed by atoms with Gasteiger partial charge in [-0.05, 0) is 42.0 Å². The summed E-state index contributed by atoms with van der Waals surface area (Å²) in [6.45, 7) is 0.308. The van der Waals surface area contributed by atoms with Gasteiger partial charge in [0.25, 0.3) is 11.3 Å². The number of amides is 1. The summed E-state index contributed by atoms with van der Waals surface area (Å²) in [4.78, 5) is 21.6. The molecular formula is C25H26ClN7O4S. The van der Waals surface area contributed by atoms with Crippen LogP contribution in [0.2, 0.25) is 5.02 Å². The molecule has 1 heterocycles. The van der Waals surface area contributed by atoms with E-state index in [9.17, 15) is 13.6 Å². The van der Waals surface area contributed by atoms with Gasteiger partial charge in [-0.3, -0.25) is 9.35 Å². The fourth-order valence-electron chi connectivity index (χ4n) is 3.69. The molecular weight excluding hydrogens is 530 g/mol. The third-order valence-corrected chi connectivity index (χ3v) is 6.55. The summed E-state index contributed by atoms with van der Waals surface area (Å²) in [5, 5.41) is 6.26. The number of fused-ring (bicyclic) bond motifs is 1. The van der Waals surface area contributed by atoms with Crippen molar-refractivity contribution in [3.05, 3.63) is 71.2 Å². The molecule has 0 spiro atoms. The smallest absolute Gasteiger partial charge is 0.268 e. The van der Waals surface area contributed by atoms with Gasteiger partial charge in [0.05, 0.1) is 34.5 Å². The Hall–Kier alpha value is -3.81. The van der Waals surface area contributed by atoms with E-state index >= 15 is 0 Å². The lowest BCUT2D eigenvalue weighted by Crippen LogP contribution is -2.23. The predicted molar refractivity (Wildman–Crippen MR) is 150 cm³/mol. The average molecular weight is 556 g/mol. The molecule has 1 aromatic heterocycles. The number of nitrogens with zero attached hydrogens (tertiary/aromatic N) is 3. The molecule has 13 heteroatoms. The Bertz CT molecular complexity index is 1500. The first-order chi connectivity index (χ1) is 18.3. The van der Waals surface area contributed by atoms with Gasteiger partial charge >= 0.3 is 0 Å². The van der Waals surface area contributed by atoms with Crippen molar-refractivity contribution in [2.24, 2.45) is 11.5 Å². The maximum Gasteiger partial charge on any atom is 0.268 e. The number of anilines is 5. The van der Waals surface area contributed by atoms with Crippen LogP contribution >= 0.6 is 11.6 Å². The van der Waals surface area contributed by atoms with E-state index in [1.807, 2.05) is 6.07 Å². The molecule has 3 aromatic carbocycles. The zero-order valence-corrected chi connectivity index (χ0v) is 21.9. The lowest BCUT2D eigenvalue weighted by molar-refractivity contribution is -0.116. The van der Waals surface area contributed by atoms with Crippen LogP contribution in [0.4, 0.5) is 28.7 Å². The van der Waals surface area contributed by atoms with E-state index in [1.165, 1.54) is 7.11 Å². The van der Waals surface area contributed by atoms with Gasteiger partial charge in [-0.1, -0.05) is 29.8 Å². The van der Waals surface area contributed by atoms with E-state index in [0.717, 1.165) is 4.31 Å². The first-order valence-electron chi connectivity index (χ1n) is 11.5. The highest BCUT2D eigenvalue weighted by atomic mass is 35.5. The first-order valence-corrected chi connectivity index (χ1v) is 12.9. The van der Waals surface area contributed by atoms with E-state index < -0.39 is 11.3 Å². The Morgan fingerprint density at radius 2 is 1.82 bits per heavy atom. The lowest BCUT2D eigenvalue weighted by atomic mass is 10.1. The molecule has 1 unspecified atom stereocenters. The van der Waals surface area contributed by atoms with Crippen LogP contribution in [0.5, 0.6) is 5.75 Å². The summed E-state index contributed by atoms with van der Waals surface area (Å²) in [5.74, 6) is 0.447. The molecule has 0 aliphatic rings. The van der Waals surface area contributed by atoms with Gasteiger partial charge in [0.15, 0.2) is 11.6 Å². The zero-order valence-electron chi connectivity index (χ0n) is 20.3. The third-order valence-electron chi connectivity index (χ3n) is 5.52. The molecule has 198 valence electrons. The molecule has 0 bridgehead atoms. The van der Waals surface area contributed by atoms with Crippen LogP contribution in [0, 0.1) is 0 Å². The largest absolute Gasteiger partial charge is 0.497 e. The molecule has 0 saturated carbocycles. The fraction of sp³-hybridized carbons (Fsp3) is 0.160. The van der Waals surface area contributed by atoms with Crippen LogP contribution < -0.4 is 31.1 Å². The Morgan fingerprint density at radius 3 is 2.47 bits per heavy atom. The second kappa shape index (κ2) is 12.2. The highest BCUT2D eigenvalue weighted by Crippen LogP contribution is 2.37. The van der Waals surface area contributed by atoms with Gasteiger partial charge in [0.1, 0.15) is 5.75 Å². The number of carbonyl (C=O) groups is 1. The number of halogens is 1. The number of nitrogens with one attached hydrogen (secondary N) is 2. The van der Waals surface area contributed by atoms with Crippen LogP contribution in [0.3, 0.4) is 0 Å². The van der Waals surface area contributed by atoms with E-state index in [1.54, 1.807) is 54.6 Å². The third kappa shape index (κ3) is 6.01. The van der Waals surface area contributed by atoms with Crippen molar-refractivity contribution in [3.63, 3.8) is 0 Å². The quantitative estimate of drug-likeness (QED) is 0.181. The maximum absolute atomic E-state index is 12.8. The van der Waals surface area contributed by atoms with Gasteiger partial charge in [-0.25, -0.2) is 18.5 Å². The van der Waals surface area contributed by atoms with Crippen molar-refractivity contribution in [2.75, 3.05) is 28.6 Å². The number of methoxy groups -OCH3 is 1. The molecule has 11 nitrogen and oxygen atoms in total. The van der Waals surface area contributed by atoms with Crippen molar-refractivity contribution in [1.82, 2.24) is 9.97 Å².